The molecule has 4 aliphatic carbocycles. The van der Waals surface area contributed by atoms with E-state index in [2.05, 4.69) is 26.0 Å². The molecule has 5 heteroatoms. The average Bonchev–Trinajstić information content (AvgIpc) is 2.86. The van der Waals surface area contributed by atoms with E-state index < -0.39 is 11.6 Å². The van der Waals surface area contributed by atoms with Crippen molar-refractivity contribution >= 4 is 11.8 Å². The Bertz CT molecular complexity index is 713. The molecule has 4 nitrogen and oxygen atoms in total. The Labute approximate surface area is 210 Å². The molecule has 1 N–H and O–H groups in total. The maximum absolute atomic E-state index is 11.9. The number of hydrogen-bond donors (Lipinski definition) is 1. The quantitative estimate of drug-likeness (QED) is 0.643. The zero-order valence-electron chi connectivity index (χ0n) is 16.8. The largest absolute Gasteiger partial charge is 1.00 e. The van der Waals surface area contributed by atoms with E-state index in [-0.39, 0.29) is 81.2 Å². The molecule has 0 spiro atoms. The number of carbonyl (C=O) groups excluding carboxylic acids is 2. The van der Waals surface area contributed by atoms with Crippen LogP contribution in [-0.4, -0.2) is 22.5 Å². The fourth-order valence-corrected chi connectivity index (χ4v) is 6.83. The number of allylic oxidation sites excluding steroid dienone is 4. The van der Waals surface area contributed by atoms with E-state index in [1.54, 1.807) is 0 Å². The summed E-state index contributed by atoms with van der Waals surface area (Å²) in [5.74, 6) is 0.444. The Hall–Kier alpha value is 0.385. The van der Waals surface area contributed by atoms with E-state index in [1.807, 2.05) is 6.08 Å². The minimum Gasteiger partial charge on any atom is -0.550 e. The summed E-state index contributed by atoms with van der Waals surface area (Å²) in [6, 6.07) is 0. The van der Waals surface area contributed by atoms with Gasteiger partial charge in [-0.05, 0) is 85.2 Å². The number of carboxylic acids is 1. The van der Waals surface area contributed by atoms with Crippen molar-refractivity contribution in [3.05, 3.63) is 23.8 Å². The fourth-order valence-electron chi connectivity index (χ4n) is 6.83. The van der Waals surface area contributed by atoms with Gasteiger partial charge in [-0.1, -0.05) is 26.0 Å². The van der Waals surface area contributed by atoms with Crippen molar-refractivity contribution in [3.8, 4) is 0 Å². The molecule has 4 aliphatic rings. The molecule has 0 heterocycles. The third kappa shape index (κ3) is 3.35. The van der Waals surface area contributed by atoms with Gasteiger partial charge in [0.05, 0.1) is 5.60 Å². The molecule has 0 unspecified atom stereocenters. The Balaban J connectivity index is 0.00000210. The van der Waals surface area contributed by atoms with Crippen LogP contribution in [0.5, 0.6) is 0 Å². The number of hydrogen-bond acceptors (Lipinski definition) is 4. The molecular formula is C22H29O4Rb. The first-order chi connectivity index (χ1) is 12.2. The smallest absolute Gasteiger partial charge is 0.550 e. The second-order valence-corrected chi connectivity index (χ2v) is 9.53. The van der Waals surface area contributed by atoms with Crippen LogP contribution in [0, 0.1) is 28.6 Å². The van der Waals surface area contributed by atoms with Crippen LogP contribution in [0.15, 0.2) is 23.8 Å². The molecule has 0 aromatic heterocycles. The molecule has 0 aromatic carbocycles. The maximum atomic E-state index is 11.9. The minimum atomic E-state index is -1.08. The molecule has 0 radical (unpaired) electrons. The zero-order chi connectivity index (χ0) is 18.7. The van der Waals surface area contributed by atoms with E-state index in [4.69, 9.17) is 0 Å². The van der Waals surface area contributed by atoms with Crippen molar-refractivity contribution in [1.29, 1.82) is 0 Å². The number of fused-ring (bicyclic) bond motifs is 5. The summed E-state index contributed by atoms with van der Waals surface area (Å²) in [6.07, 6.45) is 11.6. The molecule has 4 rings (SSSR count). The molecule has 6 atom stereocenters. The topological polar surface area (TPSA) is 77.4 Å². The Morgan fingerprint density at radius 1 is 1.22 bits per heavy atom. The second kappa shape index (κ2) is 7.57. The van der Waals surface area contributed by atoms with Gasteiger partial charge in [-0.25, -0.2) is 0 Å². The van der Waals surface area contributed by atoms with Crippen molar-refractivity contribution in [1.82, 2.24) is 0 Å². The predicted octanol–water partition coefficient (Wildman–Crippen LogP) is -0.440. The SMILES string of the molecule is C[C@]12CCC(=O)C=C1C=C[C@@H]1[C@@H]2CC[C@@]2(C)[C@H]1CC[C@@]2(O)CCC(=O)[O-].[Rb+]. The van der Waals surface area contributed by atoms with Gasteiger partial charge >= 0.3 is 58.2 Å². The average molecular weight is 443 g/mol. The van der Waals surface area contributed by atoms with Gasteiger partial charge in [-0.15, -0.1) is 0 Å². The van der Waals surface area contributed by atoms with Crippen LogP contribution in [0.1, 0.15) is 65.2 Å². The number of aliphatic hydroxyl groups is 1. The van der Waals surface area contributed by atoms with Gasteiger partial charge in [-0.3, -0.25) is 4.79 Å². The molecule has 27 heavy (non-hydrogen) atoms. The first kappa shape index (κ1) is 22.1. The van der Waals surface area contributed by atoms with E-state index in [9.17, 15) is 19.8 Å². The van der Waals surface area contributed by atoms with E-state index in [0.717, 1.165) is 25.7 Å². The van der Waals surface area contributed by atoms with Crippen molar-refractivity contribution in [2.75, 3.05) is 0 Å². The first-order valence-electron chi connectivity index (χ1n) is 10.1. The fraction of sp³-hybridized carbons (Fsp3) is 0.727. The van der Waals surface area contributed by atoms with Gasteiger partial charge in [0.1, 0.15) is 0 Å². The predicted molar refractivity (Wildman–Crippen MR) is 95.8 cm³/mol. The summed E-state index contributed by atoms with van der Waals surface area (Å²) in [4.78, 5) is 22.8. The van der Waals surface area contributed by atoms with Gasteiger partial charge in [-0.2, -0.15) is 0 Å². The molecule has 2 saturated carbocycles. The van der Waals surface area contributed by atoms with Crippen molar-refractivity contribution in [2.45, 2.75) is 70.8 Å². The maximum Gasteiger partial charge on any atom is 1.00 e. The molecule has 142 valence electrons. The Morgan fingerprint density at radius 3 is 2.63 bits per heavy atom. The Kier molecular flexibility index (Phi) is 6.19. The summed E-state index contributed by atoms with van der Waals surface area (Å²) >= 11 is 0. The van der Waals surface area contributed by atoms with Crippen molar-refractivity contribution in [3.63, 3.8) is 0 Å². The van der Waals surface area contributed by atoms with Gasteiger partial charge in [0.15, 0.2) is 5.78 Å². The van der Waals surface area contributed by atoms with Crippen LogP contribution in [-0.2, 0) is 9.59 Å². The summed E-state index contributed by atoms with van der Waals surface area (Å²) in [5, 5.41) is 22.3. The number of ketones is 1. The molecule has 0 saturated heterocycles. The molecule has 0 aliphatic heterocycles. The molecule has 0 bridgehead atoms. The van der Waals surface area contributed by atoms with Gasteiger partial charge in [0.2, 0.25) is 0 Å². The summed E-state index contributed by atoms with van der Waals surface area (Å²) in [7, 11) is 0. The van der Waals surface area contributed by atoms with Gasteiger partial charge in [0.25, 0.3) is 0 Å². The third-order valence-electron chi connectivity index (χ3n) is 8.58. The number of carbonyl (C=O) groups is 2. The minimum absolute atomic E-state index is 0. The van der Waals surface area contributed by atoms with Gasteiger partial charge in [0, 0.05) is 12.4 Å². The molecular weight excluding hydrogens is 414 g/mol. The van der Waals surface area contributed by atoms with Crippen molar-refractivity contribution < 1.29 is 78.0 Å². The Morgan fingerprint density at radius 2 is 1.93 bits per heavy atom. The summed E-state index contributed by atoms with van der Waals surface area (Å²) < 4.78 is 0. The molecule has 0 aromatic rings. The van der Waals surface area contributed by atoms with E-state index in [0.29, 0.717) is 37.0 Å². The first-order valence-corrected chi connectivity index (χ1v) is 10.1. The molecule has 2 fully saturated rings. The van der Waals surface area contributed by atoms with Crippen LogP contribution < -0.4 is 63.3 Å². The number of aliphatic carboxylic acids is 1. The van der Waals surface area contributed by atoms with Gasteiger partial charge < -0.3 is 15.0 Å². The van der Waals surface area contributed by atoms with E-state index in [1.165, 1.54) is 5.57 Å². The summed E-state index contributed by atoms with van der Waals surface area (Å²) in [6.45, 7) is 4.48. The van der Waals surface area contributed by atoms with Crippen LogP contribution in [0.2, 0.25) is 0 Å². The van der Waals surface area contributed by atoms with Crippen molar-refractivity contribution in [2.24, 2.45) is 28.6 Å². The van der Waals surface area contributed by atoms with Crippen LogP contribution in [0.25, 0.3) is 0 Å². The monoisotopic (exact) mass is 442 g/mol. The van der Waals surface area contributed by atoms with Crippen LogP contribution in [0.4, 0.5) is 0 Å². The van der Waals surface area contributed by atoms with Crippen LogP contribution in [0.3, 0.4) is 0 Å². The van der Waals surface area contributed by atoms with Crippen LogP contribution >= 0.6 is 0 Å². The second-order valence-electron chi connectivity index (χ2n) is 9.53. The number of carboxylic acid groups (broad SMARTS) is 1. The normalized spacial score (nSPS) is 45.2. The summed E-state index contributed by atoms with van der Waals surface area (Å²) in [5.41, 5.74) is 0.0933. The zero-order valence-corrected chi connectivity index (χ0v) is 21.7. The third-order valence-corrected chi connectivity index (χ3v) is 8.58. The molecule has 0 amide bonds. The number of rotatable bonds is 3. The standard InChI is InChI=1S/C22H30O4.Rb/c1-20-9-5-15(23)13-14(20)3-4-16-17(20)6-10-21(2)18(16)7-11-22(21,26)12-8-19(24)25;/h3-4,13,16-18,26H,5-12H2,1-2H3,(H,24,25);/q;+1/p-1/t16-,17+,18+,20+,21+,22-;/m1./s1. The van der Waals surface area contributed by atoms with E-state index >= 15 is 0 Å².